The van der Waals surface area contributed by atoms with E-state index >= 15 is 0 Å². The molecule has 0 aliphatic heterocycles. The molecule has 1 aliphatic rings. The quantitative estimate of drug-likeness (QED) is 0.575. The second-order valence-corrected chi connectivity index (χ2v) is 8.55. The zero-order chi connectivity index (χ0) is 19.9. The zero-order valence-corrected chi connectivity index (χ0v) is 17.0. The third-order valence-electron chi connectivity index (χ3n) is 4.00. The van der Waals surface area contributed by atoms with Gasteiger partial charge in [-0.25, -0.2) is 0 Å². The number of nitrogens with one attached hydrogen (secondary N) is 1. The normalized spacial score (nSPS) is 16.2. The lowest BCUT2D eigenvalue weighted by molar-refractivity contribution is -0.154. The van der Waals surface area contributed by atoms with Crippen LogP contribution in [-0.4, -0.2) is 34.9 Å². The van der Waals surface area contributed by atoms with Gasteiger partial charge in [0.15, 0.2) is 0 Å². The molecule has 0 radical (unpaired) electrons. The predicted molar refractivity (Wildman–Crippen MR) is 100 cm³/mol. The van der Waals surface area contributed by atoms with Crippen LogP contribution in [-0.2, 0) is 19.7 Å². The zero-order valence-electron chi connectivity index (χ0n) is 15.4. The molecular formula is C19H22BrNO5. The molecule has 2 N–H and O–H groups in total. The fourth-order valence-corrected chi connectivity index (χ4v) is 3.10. The first-order chi connectivity index (χ1) is 11.8. The Labute approximate surface area is 160 Å². The minimum absolute atomic E-state index is 0.324. The van der Waals surface area contributed by atoms with Crippen LogP contribution in [0.2, 0.25) is 0 Å². The maximum atomic E-state index is 12.7. The summed E-state index contributed by atoms with van der Waals surface area (Å²) in [5.41, 5.74) is -0.992. The van der Waals surface area contributed by atoms with Crippen molar-refractivity contribution in [2.75, 3.05) is 6.54 Å². The van der Waals surface area contributed by atoms with Crippen LogP contribution in [0.3, 0.4) is 0 Å². The van der Waals surface area contributed by atoms with Gasteiger partial charge in [-0.05, 0) is 58.4 Å². The van der Waals surface area contributed by atoms with Crippen molar-refractivity contribution < 1.29 is 24.2 Å². The summed E-state index contributed by atoms with van der Waals surface area (Å²) in [6.07, 6.45) is 0. The molecule has 1 aromatic carbocycles. The molecule has 0 spiro atoms. The predicted octanol–water partition coefficient (Wildman–Crippen LogP) is 3.19. The van der Waals surface area contributed by atoms with E-state index in [9.17, 15) is 19.5 Å². The van der Waals surface area contributed by atoms with Crippen molar-refractivity contribution in [2.24, 2.45) is 0 Å². The number of ketones is 1. The molecule has 2 rings (SSSR count). The summed E-state index contributed by atoms with van der Waals surface area (Å²) in [7, 11) is 0. The number of ether oxygens (including phenoxy) is 1. The van der Waals surface area contributed by atoms with Crippen LogP contribution in [0.4, 0.5) is 0 Å². The van der Waals surface area contributed by atoms with Gasteiger partial charge in [0, 0.05) is 15.5 Å². The number of esters is 1. The van der Waals surface area contributed by atoms with Gasteiger partial charge in [-0.3, -0.25) is 14.4 Å². The van der Waals surface area contributed by atoms with Crippen molar-refractivity contribution in [1.82, 2.24) is 5.32 Å². The van der Waals surface area contributed by atoms with Gasteiger partial charge in [0.2, 0.25) is 5.78 Å². The molecule has 0 unspecified atom stereocenters. The van der Waals surface area contributed by atoms with E-state index in [0.29, 0.717) is 11.1 Å². The number of carbonyl (C=O) groups excluding carboxylic acids is 3. The molecular weight excluding hydrogens is 402 g/mol. The summed E-state index contributed by atoms with van der Waals surface area (Å²) < 4.78 is 5.88. The molecule has 0 heterocycles. The highest BCUT2D eigenvalue weighted by molar-refractivity contribution is 9.10. The molecule has 0 aromatic heterocycles. The summed E-state index contributed by atoms with van der Waals surface area (Å²) in [5, 5.41) is 12.9. The van der Waals surface area contributed by atoms with E-state index in [-0.39, 0.29) is 11.3 Å². The van der Waals surface area contributed by atoms with Gasteiger partial charge >= 0.3 is 5.97 Å². The number of aliphatic hydroxyl groups is 1. The van der Waals surface area contributed by atoms with Crippen LogP contribution < -0.4 is 5.32 Å². The SMILES string of the molecule is CC(C)(C)OC(=O)CNC(=O)C1=C(O)C(C)(C)c2cc(Br)ccc2C1=O. The van der Waals surface area contributed by atoms with E-state index in [1.54, 1.807) is 52.8 Å². The van der Waals surface area contributed by atoms with Gasteiger partial charge in [-0.2, -0.15) is 0 Å². The highest BCUT2D eigenvalue weighted by Gasteiger charge is 2.42. The van der Waals surface area contributed by atoms with E-state index in [1.165, 1.54) is 0 Å². The third-order valence-corrected chi connectivity index (χ3v) is 4.49. The molecule has 0 fully saturated rings. The maximum absolute atomic E-state index is 12.7. The molecule has 0 saturated carbocycles. The molecule has 140 valence electrons. The molecule has 0 atom stereocenters. The van der Waals surface area contributed by atoms with Gasteiger partial charge in [0.25, 0.3) is 5.91 Å². The summed E-state index contributed by atoms with van der Waals surface area (Å²) in [5.74, 6) is -2.33. The summed E-state index contributed by atoms with van der Waals surface area (Å²) in [4.78, 5) is 37.0. The number of rotatable bonds is 3. The largest absolute Gasteiger partial charge is 0.510 e. The number of aliphatic hydroxyl groups excluding tert-OH is 1. The topological polar surface area (TPSA) is 92.7 Å². The maximum Gasteiger partial charge on any atom is 0.325 e. The van der Waals surface area contributed by atoms with E-state index in [0.717, 1.165) is 4.47 Å². The van der Waals surface area contributed by atoms with Crippen LogP contribution >= 0.6 is 15.9 Å². The van der Waals surface area contributed by atoms with Crippen molar-refractivity contribution >= 4 is 33.6 Å². The minimum atomic E-state index is -0.925. The summed E-state index contributed by atoms with van der Waals surface area (Å²) in [6.45, 7) is 8.19. The lowest BCUT2D eigenvalue weighted by Crippen LogP contribution is -2.40. The number of halogens is 1. The summed E-state index contributed by atoms with van der Waals surface area (Å²) in [6, 6.07) is 5.06. The van der Waals surface area contributed by atoms with E-state index in [4.69, 9.17) is 4.74 Å². The van der Waals surface area contributed by atoms with E-state index in [2.05, 4.69) is 21.2 Å². The Hall–Kier alpha value is -2.15. The molecule has 0 bridgehead atoms. The van der Waals surface area contributed by atoms with Gasteiger partial charge < -0.3 is 15.2 Å². The Morgan fingerprint density at radius 2 is 1.88 bits per heavy atom. The Morgan fingerprint density at radius 3 is 2.46 bits per heavy atom. The Bertz CT molecular complexity index is 818. The molecule has 0 saturated heterocycles. The van der Waals surface area contributed by atoms with Crippen LogP contribution in [0.15, 0.2) is 34.0 Å². The Morgan fingerprint density at radius 1 is 1.27 bits per heavy atom. The number of Topliss-reactive ketones (excluding diaryl/α,β-unsaturated/α-hetero) is 1. The average molecular weight is 424 g/mol. The number of hydrogen-bond donors (Lipinski definition) is 2. The van der Waals surface area contributed by atoms with Crippen LogP contribution in [0.1, 0.15) is 50.5 Å². The first kappa shape index (κ1) is 20.2. The fourth-order valence-electron chi connectivity index (χ4n) is 2.74. The molecule has 1 aromatic rings. The van der Waals surface area contributed by atoms with Crippen molar-refractivity contribution in [3.63, 3.8) is 0 Å². The lowest BCUT2D eigenvalue weighted by atomic mass is 9.72. The van der Waals surface area contributed by atoms with Gasteiger partial charge in [-0.1, -0.05) is 15.9 Å². The number of hydrogen-bond acceptors (Lipinski definition) is 5. The molecule has 1 amide bonds. The number of carbonyl (C=O) groups is 3. The standard InChI is InChI=1S/C19H22BrNO5/c1-18(2,3)26-13(22)9-21-17(25)14-15(23)11-7-6-10(20)8-12(11)19(4,5)16(14)24/h6-8,24H,9H2,1-5H3,(H,21,25). The van der Waals surface area contributed by atoms with Gasteiger partial charge in [0.05, 0.1) is 0 Å². The third kappa shape index (κ3) is 3.98. The highest BCUT2D eigenvalue weighted by atomic mass is 79.9. The average Bonchev–Trinajstić information content (AvgIpc) is 2.50. The van der Waals surface area contributed by atoms with E-state index in [1.807, 2.05) is 0 Å². The van der Waals surface area contributed by atoms with Crippen LogP contribution in [0, 0.1) is 0 Å². The van der Waals surface area contributed by atoms with Crippen LogP contribution in [0.5, 0.6) is 0 Å². The molecule has 7 heteroatoms. The molecule has 6 nitrogen and oxygen atoms in total. The number of benzene rings is 1. The number of amides is 1. The van der Waals surface area contributed by atoms with Gasteiger partial charge in [-0.15, -0.1) is 0 Å². The van der Waals surface area contributed by atoms with Gasteiger partial charge in [0.1, 0.15) is 23.5 Å². The first-order valence-corrected chi connectivity index (χ1v) is 8.92. The number of allylic oxidation sites excluding steroid dienone is 1. The smallest absolute Gasteiger partial charge is 0.325 e. The second-order valence-electron chi connectivity index (χ2n) is 7.64. The molecule has 1 aliphatic carbocycles. The van der Waals surface area contributed by atoms with Crippen molar-refractivity contribution in [2.45, 2.75) is 45.6 Å². The van der Waals surface area contributed by atoms with E-state index < -0.39 is 35.2 Å². The monoisotopic (exact) mass is 423 g/mol. The second kappa shape index (κ2) is 6.87. The Kier molecular flexibility index (Phi) is 5.33. The lowest BCUT2D eigenvalue weighted by Gasteiger charge is -2.32. The van der Waals surface area contributed by atoms with Crippen LogP contribution in [0.25, 0.3) is 0 Å². The number of fused-ring (bicyclic) bond motifs is 1. The van der Waals surface area contributed by atoms with Crippen molar-refractivity contribution in [3.05, 3.63) is 45.1 Å². The first-order valence-electron chi connectivity index (χ1n) is 8.13. The minimum Gasteiger partial charge on any atom is -0.510 e. The highest BCUT2D eigenvalue weighted by Crippen LogP contribution is 2.40. The fraction of sp³-hybridized carbons (Fsp3) is 0.421. The molecule has 26 heavy (non-hydrogen) atoms. The Balaban J connectivity index is 2.29. The summed E-state index contributed by atoms with van der Waals surface area (Å²) >= 11 is 3.35. The van der Waals surface area contributed by atoms with Crippen molar-refractivity contribution in [1.29, 1.82) is 0 Å². The van der Waals surface area contributed by atoms with Crippen molar-refractivity contribution in [3.8, 4) is 0 Å².